The normalized spacial score (nSPS) is 14.1. The molecule has 0 radical (unpaired) electrons. The van der Waals surface area contributed by atoms with Crippen molar-refractivity contribution in [3.05, 3.63) is 41.2 Å². The second kappa shape index (κ2) is 6.75. The average molecular weight is 371 g/mol. The fourth-order valence-electron chi connectivity index (χ4n) is 3.05. The number of thioether (sulfide) groups is 1. The number of fused-ring (bicyclic) bond motifs is 1. The Morgan fingerprint density at radius 3 is 2.81 bits per heavy atom. The van der Waals surface area contributed by atoms with E-state index >= 15 is 0 Å². The van der Waals surface area contributed by atoms with Crippen LogP contribution in [0.2, 0.25) is 0 Å². The summed E-state index contributed by atoms with van der Waals surface area (Å²) in [4.78, 5) is 19.2. The Balaban J connectivity index is 1.47. The van der Waals surface area contributed by atoms with Gasteiger partial charge in [-0.25, -0.2) is 4.98 Å². The molecule has 0 bridgehead atoms. The number of furan rings is 1. The Kier molecular flexibility index (Phi) is 4.44. The van der Waals surface area contributed by atoms with E-state index in [1.807, 2.05) is 48.3 Å². The predicted molar refractivity (Wildman–Crippen MR) is 98.0 cm³/mol. The van der Waals surface area contributed by atoms with Gasteiger partial charge in [0.2, 0.25) is 5.91 Å². The molecule has 1 saturated carbocycles. The van der Waals surface area contributed by atoms with Crippen LogP contribution in [-0.2, 0) is 11.3 Å². The first kappa shape index (κ1) is 17.1. The number of rotatable bonds is 6. The number of hydrogen-bond donors (Lipinski definition) is 0. The van der Waals surface area contributed by atoms with Crippen LogP contribution >= 0.6 is 11.8 Å². The van der Waals surface area contributed by atoms with Crippen molar-refractivity contribution in [2.24, 2.45) is 0 Å². The Morgan fingerprint density at radius 1 is 1.31 bits per heavy atom. The first-order chi connectivity index (χ1) is 12.5. The van der Waals surface area contributed by atoms with Gasteiger partial charge < -0.3 is 9.32 Å². The smallest absolute Gasteiger partial charge is 0.233 e. The van der Waals surface area contributed by atoms with Gasteiger partial charge in [-0.15, -0.1) is 10.2 Å². The monoisotopic (exact) mass is 371 g/mol. The van der Waals surface area contributed by atoms with Crippen LogP contribution in [0.15, 0.2) is 27.8 Å². The van der Waals surface area contributed by atoms with Crippen LogP contribution in [-0.4, -0.2) is 42.2 Å². The van der Waals surface area contributed by atoms with Crippen molar-refractivity contribution < 1.29 is 9.21 Å². The number of aryl methyl sites for hydroxylation is 3. The third-order valence-corrected chi connectivity index (χ3v) is 5.33. The minimum atomic E-state index is 0.0982. The van der Waals surface area contributed by atoms with Crippen LogP contribution < -0.4 is 0 Å². The molecule has 0 spiro atoms. The Morgan fingerprint density at radius 2 is 2.12 bits per heavy atom. The Labute approximate surface area is 155 Å². The van der Waals surface area contributed by atoms with Crippen LogP contribution in [0, 0.1) is 20.8 Å². The molecule has 0 atom stereocenters. The summed E-state index contributed by atoms with van der Waals surface area (Å²) in [6, 6.07) is 6.09. The SMILES string of the molecule is Cc1cc2nnc(SCC(=O)N(Cc3ccc(C)o3)C3CC3)n2c(C)n1. The second-order valence-electron chi connectivity index (χ2n) is 6.67. The maximum Gasteiger partial charge on any atom is 0.233 e. The molecule has 1 amide bonds. The lowest BCUT2D eigenvalue weighted by Crippen LogP contribution is -2.33. The van der Waals surface area contributed by atoms with Crippen molar-refractivity contribution in [2.45, 2.75) is 51.4 Å². The first-order valence-electron chi connectivity index (χ1n) is 8.68. The van der Waals surface area contributed by atoms with Gasteiger partial charge in [-0.1, -0.05) is 11.8 Å². The van der Waals surface area contributed by atoms with E-state index in [0.29, 0.717) is 23.5 Å². The molecule has 26 heavy (non-hydrogen) atoms. The highest BCUT2D eigenvalue weighted by Crippen LogP contribution is 2.30. The number of carbonyl (C=O) groups is 1. The van der Waals surface area contributed by atoms with E-state index in [0.717, 1.165) is 41.5 Å². The quantitative estimate of drug-likeness (QED) is 0.620. The molecule has 0 aromatic carbocycles. The minimum Gasteiger partial charge on any atom is -0.464 e. The zero-order chi connectivity index (χ0) is 18.3. The molecule has 1 aliphatic rings. The zero-order valence-corrected chi connectivity index (χ0v) is 15.9. The summed E-state index contributed by atoms with van der Waals surface area (Å²) >= 11 is 1.40. The second-order valence-corrected chi connectivity index (χ2v) is 7.62. The van der Waals surface area contributed by atoms with Crippen molar-refractivity contribution in [3.8, 4) is 0 Å². The van der Waals surface area contributed by atoms with Crippen molar-refractivity contribution in [1.29, 1.82) is 0 Å². The van der Waals surface area contributed by atoms with Gasteiger partial charge in [0, 0.05) is 17.8 Å². The minimum absolute atomic E-state index is 0.0982. The number of hydrogen-bond acceptors (Lipinski definition) is 6. The number of aromatic nitrogens is 4. The molecule has 1 aliphatic carbocycles. The van der Waals surface area contributed by atoms with Gasteiger partial charge in [0.15, 0.2) is 10.8 Å². The van der Waals surface area contributed by atoms with Crippen molar-refractivity contribution in [2.75, 3.05) is 5.75 Å². The lowest BCUT2D eigenvalue weighted by atomic mass is 10.3. The maximum atomic E-state index is 12.8. The van der Waals surface area contributed by atoms with E-state index in [9.17, 15) is 4.79 Å². The third-order valence-electron chi connectivity index (χ3n) is 4.41. The molecular weight excluding hydrogens is 350 g/mol. The van der Waals surface area contributed by atoms with Gasteiger partial charge in [0.25, 0.3) is 0 Å². The van der Waals surface area contributed by atoms with E-state index in [4.69, 9.17) is 4.42 Å². The number of amides is 1. The lowest BCUT2D eigenvalue weighted by molar-refractivity contribution is -0.129. The molecule has 0 aliphatic heterocycles. The van der Waals surface area contributed by atoms with E-state index in [-0.39, 0.29) is 5.91 Å². The largest absolute Gasteiger partial charge is 0.464 e. The zero-order valence-electron chi connectivity index (χ0n) is 15.1. The predicted octanol–water partition coefficient (Wildman–Crippen LogP) is 2.93. The summed E-state index contributed by atoms with van der Waals surface area (Å²) in [5.74, 6) is 2.94. The molecule has 0 unspecified atom stereocenters. The number of nitrogens with zero attached hydrogens (tertiary/aromatic N) is 5. The summed E-state index contributed by atoms with van der Waals surface area (Å²) in [7, 11) is 0. The topological polar surface area (TPSA) is 76.5 Å². The van der Waals surface area contributed by atoms with Crippen LogP contribution in [0.3, 0.4) is 0 Å². The molecule has 3 aromatic heterocycles. The highest BCUT2D eigenvalue weighted by Gasteiger charge is 2.33. The average Bonchev–Trinajstić information content (AvgIpc) is 3.22. The maximum absolute atomic E-state index is 12.8. The summed E-state index contributed by atoms with van der Waals surface area (Å²) in [5.41, 5.74) is 1.67. The van der Waals surface area contributed by atoms with E-state index in [2.05, 4.69) is 15.2 Å². The molecule has 4 rings (SSSR count). The van der Waals surface area contributed by atoms with Gasteiger partial charge in [0.05, 0.1) is 12.3 Å². The summed E-state index contributed by atoms with van der Waals surface area (Å²) in [6.07, 6.45) is 2.12. The Hall–Kier alpha value is -2.35. The summed E-state index contributed by atoms with van der Waals surface area (Å²) < 4.78 is 7.53. The van der Waals surface area contributed by atoms with Crippen LogP contribution in [0.5, 0.6) is 0 Å². The van der Waals surface area contributed by atoms with Crippen LogP contribution in [0.25, 0.3) is 5.65 Å². The lowest BCUT2D eigenvalue weighted by Gasteiger charge is -2.21. The molecule has 0 saturated heterocycles. The fourth-order valence-corrected chi connectivity index (χ4v) is 3.92. The number of carbonyl (C=O) groups excluding carboxylic acids is 1. The van der Waals surface area contributed by atoms with E-state index in [1.165, 1.54) is 11.8 Å². The Bertz CT molecular complexity index is 960. The summed E-state index contributed by atoms with van der Waals surface area (Å²) in [5, 5.41) is 9.11. The van der Waals surface area contributed by atoms with Gasteiger partial charge >= 0.3 is 0 Å². The van der Waals surface area contributed by atoms with E-state index in [1.54, 1.807) is 0 Å². The third kappa shape index (κ3) is 3.46. The van der Waals surface area contributed by atoms with Gasteiger partial charge in [-0.3, -0.25) is 9.20 Å². The molecule has 0 N–H and O–H groups in total. The molecule has 1 fully saturated rings. The highest BCUT2D eigenvalue weighted by atomic mass is 32.2. The van der Waals surface area contributed by atoms with Crippen molar-refractivity contribution in [1.82, 2.24) is 24.5 Å². The molecule has 8 heteroatoms. The molecule has 3 aromatic rings. The molecule has 136 valence electrons. The highest BCUT2D eigenvalue weighted by molar-refractivity contribution is 7.99. The van der Waals surface area contributed by atoms with Gasteiger partial charge in [0.1, 0.15) is 17.3 Å². The van der Waals surface area contributed by atoms with Gasteiger partial charge in [-0.2, -0.15) is 0 Å². The van der Waals surface area contributed by atoms with Crippen molar-refractivity contribution in [3.63, 3.8) is 0 Å². The standard InChI is InChI=1S/C18H21N5O2S/c1-11-8-16-20-21-18(23(16)13(3)19-11)26-10-17(24)22(14-5-6-14)9-15-7-4-12(2)25-15/h4,7-8,14H,5-6,9-10H2,1-3H3. The fraction of sp³-hybridized carbons (Fsp3) is 0.444. The molecule has 3 heterocycles. The van der Waals surface area contributed by atoms with Crippen LogP contribution in [0.4, 0.5) is 0 Å². The molecule has 7 nitrogen and oxygen atoms in total. The van der Waals surface area contributed by atoms with Crippen molar-refractivity contribution >= 4 is 23.3 Å². The molecular formula is C18H21N5O2S. The van der Waals surface area contributed by atoms with Gasteiger partial charge in [-0.05, 0) is 45.7 Å². The summed E-state index contributed by atoms with van der Waals surface area (Å²) in [6.45, 7) is 6.29. The first-order valence-corrected chi connectivity index (χ1v) is 9.67. The van der Waals surface area contributed by atoms with E-state index < -0.39 is 0 Å². The van der Waals surface area contributed by atoms with Crippen LogP contribution in [0.1, 0.15) is 35.9 Å².